The van der Waals surface area contributed by atoms with E-state index in [9.17, 15) is 14.4 Å². The molecule has 1 aliphatic rings. The van der Waals surface area contributed by atoms with Crippen molar-refractivity contribution < 1.29 is 14.4 Å². The second-order valence-corrected chi connectivity index (χ2v) is 2.58. The molecule has 66 valence electrons. The van der Waals surface area contributed by atoms with Gasteiger partial charge >= 0.3 is 6.03 Å². The average Bonchev–Trinajstić information content (AvgIpc) is 1.82. The van der Waals surface area contributed by atoms with Crippen molar-refractivity contribution in [1.29, 1.82) is 0 Å². The van der Waals surface area contributed by atoms with Crippen molar-refractivity contribution in [2.45, 2.75) is 6.42 Å². The molecule has 1 aliphatic heterocycles. The summed E-state index contributed by atoms with van der Waals surface area (Å²) >= 11 is 0. The van der Waals surface area contributed by atoms with E-state index < -0.39 is 17.8 Å². The first-order valence-electron chi connectivity index (χ1n) is 3.36. The molecule has 6 nitrogen and oxygen atoms in total. The molecule has 0 atom stereocenters. The minimum atomic E-state index is -0.693. The summed E-state index contributed by atoms with van der Waals surface area (Å²) in [6.07, 6.45) is -0.274. The zero-order valence-electron chi connectivity index (χ0n) is 6.83. The maximum atomic E-state index is 11.1. The predicted octanol–water partition coefficient (Wildman–Crippen LogP) is -1.07. The number of hydrogen-bond donors (Lipinski definition) is 1. The first-order valence-corrected chi connectivity index (χ1v) is 3.36. The highest BCUT2D eigenvalue weighted by Crippen LogP contribution is 2.03. The highest BCUT2D eigenvalue weighted by molar-refractivity contribution is 6.13. The van der Waals surface area contributed by atoms with Crippen LogP contribution in [0.25, 0.3) is 0 Å². The molecule has 0 unspecified atom stereocenters. The third-order valence-electron chi connectivity index (χ3n) is 1.39. The topological polar surface area (TPSA) is 69.7 Å². The number of nitrogens with one attached hydrogen (secondary N) is 1. The summed E-state index contributed by atoms with van der Waals surface area (Å²) in [5.41, 5.74) is 0. The number of rotatable bonds is 1. The number of urea groups is 1. The largest absolute Gasteiger partial charge is 0.345 e. The number of imide groups is 2. The normalized spacial score (nSPS) is 18.6. The van der Waals surface area contributed by atoms with Gasteiger partial charge in [-0.2, -0.15) is 5.01 Å². The van der Waals surface area contributed by atoms with Crippen molar-refractivity contribution in [3.05, 3.63) is 0 Å². The summed E-state index contributed by atoms with van der Waals surface area (Å²) in [6, 6.07) is -0.693. The fourth-order valence-corrected chi connectivity index (χ4v) is 0.947. The molecule has 6 heteroatoms. The fraction of sp³-hybridized carbons (Fsp3) is 0.500. The smallest absolute Gasteiger partial charge is 0.276 e. The second kappa shape index (κ2) is 2.90. The van der Waals surface area contributed by atoms with Crippen molar-refractivity contribution in [2.24, 2.45) is 0 Å². The van der Waals surface area contributed by atoms with Gasteiger partial charge in [0.2, 0.25) is 5.91 Å². The third kappa shape index (κ3) is 1.42. The lowest BCUT2D eigenvalue weighted by Crippen LogP contribution is -2.57. The zero-order valence-corrected chi connectivity index (χ0v) is 6.83. The average molecular weight is 171 g/mol. The molecule has 4 amide bonds. The molecule has 1 heterocycles. The highest BCUT2D eigenvalue weighted by Gasteiger charge is 2.32. The van der Waals surface area contributed by atoms with Crippen LogP contribution in [0, 0.1) is 0 Å². The SMILES string of the molecule is CN(C)N1C(=O)CC(=O)NC1=O. The van der Waals surface area contributed by atoms with Gasteiger partial charge in [-0.1, -0.05) is 0 Å². The molecule has 0 aromatic carbocycles. The van der Waals surface area contributed by atoms with Crippen LogP contribution in [-0.4, -0.2) is 42.0 Å². The van der Waals surface area contributed by atoms with Crippen LogP contribution in [0.5, 0.6) is 0 Å². The molecule has 1 N–H and O–H groups in total. The van der Waals surface area contributed by atoms with Crippen LogP contribution in [0.1, 0.15) is 6.42 Å². The van der Waals surface area contributed by atoms with Gasteiger partial charge in [0.1, 0.15) is 6.42 Å². The Bertz CT molecular complexity index is 228. The fourth-order valence-electron chi connectivity index (χ4n) is 0.947. The van der Waals surface area contributed by atoms with E-state index in [1.165, 1.54) is 5.01 Å². The molecule has 1 fully saturated rings. The summed E-state index contributed by atoms with van der Waals surface area (Å²) in [6.45, 7) is 0. The van der Waals surface area contributed by atoms with Gasteiger partial charge in [0, 0.05) is 14.1 Å². The van der Waals surface area contributed by atoms with Crippen LogP contribution in [-0.2, 0) is 9.59 Å². The minimum Gasteiger partial charge on any atom is -0.276 e. The Kier molecular flexibility index (Phi) is 2.09. The lowest BCUT2D eigenvalue weighted by Gasteiger charge is -2.29. The predicted molar refractivity (Wildman–Crippen MR) is 38.7 cm³/mol. The van der Waals surface area contributed by atoms with Gasteiger partial charge in [-0.05, 0) is 0 Å². The Morgan fingerprint density at radius 3 is 2.33 bits per heavy atom. The van der Waals surface area contributed by atoms with Crippen LogP contribution in [0.4, 0.5) is 4.79 Å². The van der Waals surface area contributed by atoms with Gasteiger partial charge in [-0.25, -0.2) is 9.80 Å². The number of amides is 4. The van der Waals surface area contributed by atoms with Crippen LogP contribution in [0.3, 0.4) is 0 Å². The first-order chi connectivity index (χ1) is 5.52. The Morgan fingerprint density at radius 1 is 1.33 bits per heavy atom. The van der Waals surface area contributed by atoms with Crippen LogP contribution in [0.2, 0.25) is 0 Å². The van der Waals surface area contributed by atoms with Gasteiger partial charge in [0.15, 0.2) is 0 Å². The molecule has 0 radical (unpaired) electrons. The van der Waals surface area contributed by atoms with Crippen molar-refractivity contribution in [3.63, 3.8) is 0 Å². The summed E-state index contributed by atoms with van der Waals surface area (Å²) in [7, 11) is 3.10. The Morgan fingerprint density at radius 2 is 1.92 bits per heavy atom. The molecule has 0 aromatic rings. The number of carbonyl (C=O) groups excluding carboxylic acids is 3. The Labute approximate surface area is 69.1 Å². The summed E-state index contributed by atoms with van der Waals surface area (Å²) < 4.78 is 0. The lowest BCUT2D eigenvalue weighted by atomic mass is 10.3. The quantitative estimate of drug-likeness (QED) is 0.510. The van der Waals surface area contributed by atoms with Gasteiger partial charge in [0.05, 0.1) is 0 Å². The van der Waals surface area contributed by atoms with Gasteiger partial charge in [-0.15, -0.1) is 0 Å². The maximum absolute atomic E-state index is 11.1. The van der Waals surface area contributed by atoms with E-state index in [1.54, 1.807) is 14.1 Å². The molecule has 1 rings (SSSR count). The minimum absolute atomic E-state index is 0.274. The molecule has 0 aliphatic carbocycles. The number of carbonyl (C=O) groups is 3. The van der Waals surface area contributed by atoms with Gasteiger partial charge in [-0.3, -0.25) is 14.9 Å². The lowest BCUT2D eigenvalue weighted by molar-refractivity contribution is -0.144. The number of barbiturate groups is 1. The first kappa shape index (κ1) is 8.66. The van der Waals surface area contributed by atoms with Crippen LogP contribution in [0.15, 0.2) is 0 Å². The molecule has 0 saturated carbocycles. The number of hydrazine groups is 1. The Hall–Kier alpha value is -1.43. The second-order valence-electron chi connectivity index (χ2n) is 2.58. The van der Waals surface area contributed by atoms with E-state index in [2.05, 4.69) is 0 Å². The molecule has 0 aromatic heterocycles. The molecule has 0 bridgehead atoms. The zero-order chi connectivity index (χ0) is 9.30. The van der Waals surface area contributed by atoms with E-state index >= 15 is 0 Å². The van der Waals surface area contributed by atoms with Crippen molar-refractivity contribution >= 4 is 17.8 Å². The van der Waals surface area contributed by atoms with E-state index in [1.807, 2.05) is 5.32 Å². The molecular weight excluding hydrogens is 162 g/mol. The van der Waals surface area contributed by atoms with Crippen molar-refractivity contribution in [3.8, 4) is 0 Å². The maximum Gasteiger partial charge on any atom is 0.345 e. The monoisotopic (exact) mass is 171 g/mol. The van der Waals surface area contributed by atoms with Crippen LogP contribution >= 0.6 is 0 Å². The molecular formula is C6H9N3O3. The molecule has 0 spiro atoms. The van der Waals surface area contributed by atoms with E-state index in [-0.39, 0.29) is 6.42 Å². The molecule has 1 saturated heterocycles. The Balaban J connectivity index is 2.81. The standard InChI is InChI=1S/C6H9N3O3/c1-8(2)9-5(11)3-4(10)7-6(9)12/h3H2,1-2H3,(H,7,10,12). The molecule has 12 heavy (non-hydrogen) atoms. The summed E-state index contributed by atoms with van der Waals surface area (Å²) in [5.74, 6) is -1.06. The highest BCUT2D eigenvalue weighted by atomic mass is 16.2. The van der Waals surface area contributed by atoms with Crippen LogP contribution < -0.4 is 5.32 Å². The van der Waals surface area contributed by atoms with E-state index in [4.69, 9.17) is 0 Å². The third-order valence-corrected chi connectivity index (χ3v) is 1.39. The van der Waals surface area contributed by atoms with Gasteiger partial charge < -0.3 is 0 Å². The van der Waals surface area contributed by atoms with E-state index in [0.29, 0.717) is 0 Å². The summed E-state index contributed by atoms with van der Waals surface area (Å²) in [5, 5.41) is 4.23. The van der Waals surface area contributed by atoms with Gasteiger partial charge in [0.25, 0.3) is 5.91 Å². The van der Waals surface area contributed by atoms with Crippen molar-refractivity contribution in [1.82, 2.24) is 15.3 Å². The number of hydrogen-bond acceptors (Lipinski definition) is 4. The van der Waals surface area contributed by atoms with Crippen molar-refractivity contribution in [2.75, 3.05) is 14.1 Å². The number of nitrogens with zero attached hydrogens (tertiary/aromatic N) is 2. The summed E-state index contributed by atoms with van der Waals surface area (Å²) in [4.78, 5) is 32.7. The van der Waals surface area contributed by atoms with E-state index in [0.717, 1.165) is 5.01 Å².